The molecule has 0 saturated carbocycles. The average Bonchev–Trinajstić information content (AvgIpc) is 1.04. The third-order valence-electron chi connectivity index (χ3n) is 0. The first kappa shape index (κ1) is 25.1. The van der Waals surface area contributed by atoms with Crippen molar-refractivity contribution >= 4 is 68.2 Å². The second-order valence-corrected chi connectivity index (χ2v) is 57.0. The van der Waals surface area contributed by atoms with E-state index in [1.807, 2.05) is 0 Å². The van der Waals surface area contributed by atoms with Crippen molar-refractivity contribution in [2.45, 2.75) is 0 Å². The molecule has 0 fully saturated rings. The van der Waals surface area contributed by atoms with Gasteiger partial charge in [-0.1, -0.05) is 0 Å². The molecule has 0 radical (unpaired) electrons. The third kappa shape index (κ3) is 523. The van der Waals surface area contributed by atoms with Gasteiger partial charge in [0.05, 0.1) is 0 Å². The van der Waals surface area contributed by atoms with Crippen molar-refractivity contribution in [2.75, 3.05) is 0 Å². The Kier molecular flexibility index (Phi) is 10.2. The molecule has 6 nitrogen and oxygen atoms in total. The van der Waals surface area contributed by atoms with Crippen LogP contribution in [0.25, 0.3) is 0 Å². The maximum absolute atomic E-state index is 8.52. The topological polar surface area (TPSA) is 153 Å². The van der Waals surface area contributed by atoms with E-state index in [0.29, 0.717) is 0 Å². The maximum atomic E-state index is 8.52. The van der Waals surface area contributed by atoms with Crippen LogP contribution >= 0.6 is 57.8 Å². The van der Waals surface area contributed by atoms with Crippen molar-refractivity contribution in [3.05, 3.63) is 0 Å². The molecule has 0 heterocycles. The van der Waals surface area contributed by atoms with Gasteiger partial charge in [-0.15, -0.1) is 0 Å². The molecule has 0 aliphatic carbocycles. The Hall–Kier alpha value is 2.17. The molecule has 0 aromatic rings. The van der Waals surface area contributed by atoms with Crippen molar-refractivity contribution in [1.82, 2.24) is 12.3 Å². The minimum atomic E-state index is -5.38. The van der Waals surface area contributed by atoms with Crippen molar-refractivity contribution in [2.24, 2.45) is 0 Å². The fourth-order valence-corrected chi connectivity index (χ4v) is 0. The second-order valence-electron chi connectivity index (χ2n) is 1.17. The van der Waals surface area contributed by atoms with Gasteiger partial charge in [0.1, 0.15) is 0 Å². The molecular formula is H8Cl6N2O4OsS. The minimum Gasteiger partial charge on any atom is -0.369 e. The van der Waals surface area contributed by atoms with Crippen LogP contribution in [-0.4, -0.2) is 17.5 Å². The van der Waals surface area contributed by atoms with Gasteiger partial charge in [0.25, 0.3) is 0 Å². The van der Waals surface area contributed by atoms with Crippen molar-refractivity contribution in [3.8, 4) is 0 Å². The van der Waals surface area contributed by atoms with Crippen LogP contribution in [0.15, 0.2) is 0 Å². The SMILES string of the molecule is O=S(=O)([O-])[O-].[Cl][Os]([Cl])([Cl])([Cl])([Cl])[Cl].[NH4+].[NH4+]. The van der Waals surface area contributed by atoms with Gasteiger partial charge in [0, 0.05) is 10.4 Å². The summed E-state index contributed by atoms with van der Waals surface area (Å²) in [6, 6.07) is 0. The molecule has 0 amide bonds. The van der Waals surface area contributed by atoms with Gasteiger partial charge in [0.15, 0.2) is 0 Å². The van der Waals surface area contributed by atoms with Crippen LogP contribution < -0.4 is 12.3 Å². The van der Waals surface area contributed by atoms with E-state index in [4.69, 9.17) is 75.3 Å². The molecule has 0 aromatic carbocycles. The molecule has 0 atom stereocenters. The van der Waals surface area contributed by atoms with Gasteiger partial charge < -0.3 is 21.4 Å². The van der Waals surface area contributed by atoms with Gasteiger partial charge >= 0.3 is 64.5 Å². The molecule has 0 saturated heterocycles. The zero-order valence-corrected chi connectivity index (χ0v) is 14.6. The van der Waals surface area contributed by atoms with E-state index < -0.39 is 17.0 Å². The summed E-state index contributed by atoms with van der Waals surface area (Å²) in [6.45, 7) is -5.38. The molecule has 0 spiro atoms. The van der Waals surface area contributed by atoms with Crippen LogP contribution in [0.1, 0.15) is 0 Å². The monoisotopic (exact) mass is 534 g/mol. The summed E-state index contributed by atoms with van der Waals surface area (Å²) in [4.78, 5) is 0. The quantitative estimate of drug-likeness (QED) is 0.360. The normalized spacial score (nSPS) is 15.7. The van der Waals surface area contributed by atoms with E-state index in [-0.39, 0.29) is 12.3 Å². The van der Waals surface area contributed by atoms with Crippen molar-refractivity contribution in [1.29, 1.82) is 0 Å². The predicted octanol–water partition coefficient (Wildman–Crippen LogP) is 3.55. The second kappa shape index (κ2) is 5.67. The minimum absolute atomic E-state index is 0. The standard InChI is InChI=1S/6ClH.2H3N.H2O4S.Os/c;;;;;;;;1-5(2,3)4;/h6*1H;2*1H3;(H2,1,2,3,4);/q;;;;;;;;;+6/p-6. The Morgan fingerprint density at radius 2 is 0.786 bits per heavy atom. The van der Waals surface area contributed by atoms with Crippen LogP contribution in [0.4, 0.5) is 0 Å². The first-order valence-electron chi connectivity index (χ1n) is 1.47. The summed E-state index contributed by atoms with van der Waals surface area (Å²) < 4.78 is 34.1. The zero-order chi connectivity index (χ0) is 10.9. The first-order valence-corrected chi connectivity index (χ1v) is 21.7. The van der Waals surface area contributed by atoms with Gasteiger partial charge in [0.2, 0.25) is 0 Å². The third-order valence-corrected chi connectivity index (χ3v) is 0. The van der Waals surface area contributed by atoms with Crippen molar-refractivity contribution in [3.63, 3.8) is 0 Å². The Balaban J connectivity index is -0.0000000651. The smallest absolute Gasteiger partial charge is 0.369 e. The number of rotatable bonds is 0. The zero-order valence-electron chi connectivity index (χ0n) is 6.66. The van der Waals surface area contributed by atoms with Crippen LogP contribution in [-0.2, 0) is 17.0 Å². The van der Waals surface area contributed by atoms with E-state index in [1.165, 1.54) is 0 Å². The summed E-state index contributed by atoms with van der Waals surface area (Å²) >= 11 is 0. The maximum Gasteiger partial charge on any atom is -0.369 e. The van der Waals surface area contributed by atoms with Gasteiger partial charge in [-0.3, -0.25) is 8.42 Å². The number of hydrogen-bond donors (Lipinski definition) is 2. The summed E-state index contributed by atoms with van der Waals surface area (Å²) in [5.74, 6) is 0. The number of halogens is 6. The van der Waals surface area contributed by atoms with Crippen LogP contribution in [0.5, 0.6) is 0 Å². The molecule has 0 aliphatic rings. The van der Waals surface area contributed by atoms with Crippen LogP contribution in [0.3, 0.4) is 0 Å². The molecule has 0 aliphatic heterocycles. The fourth-order valence-electron chi connectivity index (χ4n) is 0. The van der Waals surface area contributed by atoms with E-state index in [9.17, 15) is 0 Å². The Bertz CT molecular complexity index is 230. The van der Waals surface area contributed by atoms with Crippen molar-refractivity contribution < 1.29 is 24.2 Å². The molecule has 8 N–H and O–H groups in total. The van der Waals surface area contributed by atoms with E-state index in [1.54, 1.807) is 0 Å². The Morgan fingerprint density at radius 3 is 0.786 bits per heavy atom. The summed E-state index contributed by atoms with van der Waals surface area (Å²) in [7, 11) is 25.2. The summed E-state index contributed by atoms with van der Waals surface area (Å²) in [5.41, 5.74) is 0. The van der Waals surface area contributed by atoms with Gasteiger partial charge in [-0.05, 0) is 0 Å². The molecule has 14 heavy (non-hydrogen) atoms. The Morgan fingerprint density at radius 1 is 0.786 bits per heavy atom. The molecular weight excluding hydrogens is 527 g/mol. The van der Waals surface area contributed by atoms with E-state index in [2.05, 4.69) is 0 Å². The van der Waals surface area contributed by atoms with Gasteiger partial charge in [-0.25, -0.2) is 0 Å². The summed E-state index contributed by atoms with van der Waals surface area (Å²) in [5, 5.41) is 0. The Labute approximate surface area is 104 Å². The molecule has 0 aromatic heterocycles. The molecule has 0 rings (SSSR count). The van der Waals surface area contributed by atoms with E-state index >= 15 is 0 Å². The van der Waals surface area contributed by atoms with Gasteiger partial charge in [-0.2, -0.15) is 0 Å². The fraction of sp³-hybridized carbons (Fsp3) is 0. The summed E-state index contributed by atoms with van der Waals surface area (Å²) in [6.07, 6.45) is 0. The van der Waals surface area contributed by atoms with E-state index in [0.717, 1.165) is 0 Å². The van der Waals surface area contributed by atoms with Crippen LogP contribution in [0, 0.1) is 0 Å². The average molecular weight is 535 g/mol. The number of quaternary nitrogens is 2. The predicted molar refractivity (Wildman–Crippen MR) is 57.6 cm³/mol. The molecule has 98 valence electrons. The largest absolute Gasteiger partial charge is 0.369 e. The molecule has 0 bridgehead atoms. The first-order chi connectivity index (χ1) is 4.45. The number of hydrogen-bond acceptors (Lipinski definition) is 4. The molecule has 0 unspecified atom stereocenters. The molecule has 14 heteroatoms. The van der Waals surface area contributed by atoms with Crippen LogP contribution in [0.2, 0.25) is 0 Å².